The molecule has 33 heavy (non-hydrogen) atoms. The van der Waals surface area contributed by atoms with Gasteiger partial charge in [-0.1, -0.05) is 50.2 Å². The molecular weight excluding hydrogens is 414 g/mol. The van der Waals surface area contributed by atoms with Crippen LogP contribution in [-0.2, 0) is 13.2 Å². The standard InChI is InChI=1S/C26H27N5O2/c1-18(2)23-12-4-5-13-24(23)31-19(3)29-25(30-31)26(32)28-16-20-9-8-11-22(15-20)33-17-21-10-6-7-14-27-21/h4-15,18H,16-17H2,1-3H3,(H,28,32). The Kier molecular flexibility index (Phi) is 6.78. The van der Waals surface area contributed by atoms with Crippen molar-refractivity contribution in [2.24, 2.45) is 0 Å². The Balaban J connectivity index is 1.41. The third-order valence-electron chi connectivity index (χ3n) is 5.22. The first kappa shape index (κ1) is 22.2. The van der Waals surface area contributed by atoms with E-state index in [0.29, 0.717) is 24.9 Å². The SMILES string of the molecule is Cc1nc(C(=O)NCc2cccc(OCc3ccccn3)c2)nn1-c1ccccc1C(C)C. The van der Waals surface area contributed by atoms with E-state index < -0.39 is 0 Å². The second-order valence-electron chi connectivity index (χ2n) is 8.05. The van der Waals surface area contributed by atoms with Crippen LogP contribution in [0.5, 0.6) is 5.75 Å². The normalized spacial score (nSPS) is 10.9. The van der Waals surface area contributed by atoms with Gasteiger partial charge in [0, 0.05) is 12.7 Å². The molecule has 0 aliphatic rings. The molecule has 7 nitrogen and oxygen atoms in total. The quantitative estimate of drug-likeness (QED) is 0.432. The fourth-order valence-corrected chi connectivity index (χ4v) is 3.53. The van der Waals surface area contributed by atoms with Gasteiger partial charge in [0.15, 0.2) is 0 Å². The van der Waals surface area contributed by atoms with Gasteiger partial charge in [-0.05, 0) is 54.3 Å². The zero-order valence-electron chi connectivity index (χ0n) is 19.0. The second kappa shape index (κ2) is 10.1. The average Bonchev–Trinajstić information content (AvgIpc) is 3.23. The zero-order chi connectivity index (χ0) is 23.2. The summed E-state index contributed by atoms with van der Waals surface area (Å²) in [6, 6.07) is 21.4. The summed E-state index contributed by atoms with van der Waals surface area (Å²) < 4.78 is 7.55. The van der Waals surface area contributed by atoms with Crippen LogP contribution in [0.15, 0.2) is 72.9 Å². The minimum absolute atomic E-state index is 0.147. The number of rotatable bonds is 8. The summed E-state index contributed by atoms with van der Waals surface area (Å²) in [5.41, 5.74) is 3.87. The molecule has 7 heteroatoms. The first-order chi connectivity index (χ1) is 16.0. The summed E-state index contributed by atoms with van der Waals surface area (Å²) in [5, 5.41) is 7.38. The van der Waals surface area contributed by atoms with Crippen molar-refractivity contribution in [3.8, 4) is 11.4 Å². The molecular formula is C26H27N5O2. The first-order valence-electron chi connectivity index (χ1n) is 10.9. The van der Waals surface area contributed by atoms with Crippen molar-refractivity contribution in [1.82, 2.24) is 25.1 Å². The fourth-order valence-electron chi connectivity index (χ4n) is 3.53. The van der Waals surface area contributed by atoms with Gasteiger partial charge in [0.25, 0.3) is 5.91 Å². The van der Waals surface area contributed by atoms with E-state index in [1.54, 1.807) is 10.9 Å². The molecule has 0 fully saturated rings. The highest BCUT2D eigenvalue weighted by Crippen LogP contribution is 2.23. The number of carbonyl (C=O) groups is 1. The first-order valence-corrected chi connectivity index (χ1v) is 10.9. The highest BCUT2D eigenvalue weighted by molar-refractivity contribution is 5.90. The molecule has 0 radical (unpaired) electrons. The highest BCUT2D eigenvalue weighted by Gasteiger charge is 2.17. The molecule has 1 N–H and O–H groups in total. The number of aryl methyl sites for hydroxylation is 1. The number of benzene rings is 2. The zero-order valence-corrected chi connectivity index (χ0v) is 19.0. The number of aromatic nitrogens is 4. The third kappa shape index (κ3) is 5.44. The van der Waals surface area contributed by atoms with Crippen LogP contribution >= 0.6 is 0 Å². The lowest BCUT2D eigenvalue weighted by Crippen LogP contribution is -2.24. The number of pyridine rings is 1. The predicted octanol–water partition coefficient (Wildman–Crippen LogP) is 4.60. The van der Waals surface area contributed by atoms with Crippen LogP contribution in [0.25, 0.3) is 5.69 Å². The van der Waals surface area contributed by atoms with Gasteiger partial charge in [0.05, 0.1) is 11.4 Å². The Morgan fingerprint density at radius 2 is 1.88 bits per heavy atom. The van der Waals surface area contributed by atoms with Gasteiger partial charge in [-0.3, -0.25) is 9.78 Å². The van der Waals surface area contributed by atoms with Gasteiger partial charge < -0.3 is 10.1 Å². The van der Waals surface area contributed by atoms with Gasteiger partial charge >= 0.3 is 0 Å². The van der Waals surface area contributed by atoms with E-state index in [2.05, 4.69) is 40.3 Å². The Morgan fingerprint density at radius 3 is 2.67 bits per heavy atom. The van der Waals surface area contributed by atoms with Crippen LogP contribution in [0.4, 0.5) is 0 Å². The van der Waals surface area contributed by atoms with Gasteiger partial charge in [0.1, 0.15) is 18.2 Å². The third-order valence-corrected chi connectivity index (χ3v) is 5.22. The maximum Gasteiger partial charge on any atom is 0.291 e. The predicted molar refractivity (Wildman–Crippen MR) is 126 cm³/mol. The van der Waals surface area contributed by atoms with Crippen LogP contribution in [-0.4, -0.2) is 25.7 Å². The number of nitrogens with zero attached hydrogens (tertiary/aromatic N) is 4. The minimum Gasteiger partial charge on any atom is -0.487 e. The molecule has 0 saturated carbocycles. The number of amides is 1. The lowest BCUT2D eigenvalue weighted by molar-refractivity contribution is 0.0940. The number of nitrogens with one attached hydrogen (secondary N) is 1. The largest absolute Gasteiger partial charge is 0.487 e. The maximum absolute atomic E-state index is 12.7. The maximum atomic E-state index is 12.7. The summed E-state index contributed by atoms with van der Waals surface area (Å²) in [6.07, 6.45) is 1.74. The minimum atomic E-state index is -0.321. The molecule has 0 aliphatic heterocycles. The van der Waals surface area contributed by atoms with Crippen molar-refractivity contribution in [3.63, 3.8) is 0 Å². The average molecular weight is 442 g/mol. The Hall–Kier alpha value is -4.00. The Bertz CT molecular complexity index is 1230. The van der Waals surface area contributed by atoms with Gasteiger partial charge in [0.2, 0.25) is 5.82 Å². The van der Waals surface area contributed by atoms with E-state index in [1.165, 1.54) is 0 Å². The fraction of sp³-hybridized carbons (Fsp3) is 0.231. The molecule has 2 aromatic carbocycles. The van der Waals surface area contributed by atoms with Crippen molar-refractivity contribution in [2.45, 2.75) is 39.8 Å². The molecule has 2 heterocycles. The number of carbonyl (C=O) groups excluding carboxylic acids is 1. The molecule has 0 unspecified atom stereocenters. The Labute approximate surface area is 193 Å². The molecule has 4 aromatic rings. The molecule has 0 atom stereocenters. The van der Waals surface area contributed by atoms with Crippen LogP contribution in [0.1, 0.15) is 53.0 Å². The number of hydrogen-bond donors (Lipinski definition) is 1. The van der Waals surface area contributed by atoms with E-state index in [0.717, 1.165) is 28.3 Å². The molecule has 2 aromatic heterocycles. The molecule has 0 saturated heterocycles. The van der Waals surface area contributed by atoms with Crippen molar-refractivity contribution < 1.29 is 9.53 Å². The number of para-hydroxylation sites is 1. The molecule has 1 amide bonds. The van der Waals surface area contributed by atoms with E-state index in [9.17, 15) is 4.79 Å². The van der Waals surface area contributed by atoms with Crippen molar-refractivity contribution in [3.05, 3.63) is 101 Å². The van der Waals surface area contributed by atoms with Gasteiger partial charge in [-0.25, -0.2) is 9.67 Å². The summed E-state index contributed by atoms with van der Waals surface area (Å²) in [4.78, 5) is 21.4. The van der Waals surface area contributed by atoms with Crippen LogP contribution in [0.3, 0.4) is 0 Å². The lowest BCUT2D eigenvalue weighted by atomic mass is 10.0. The van der Waals surface area contributed by atoms with Gasteiger partial charge in [-0.2, -0.15) is 0 Å². The summed E-state index contributed by atoms with van der Waals surface area (Å²) in [5.74, 6) is 1.54. The topological polar surface area (TPSA) is 81.9 Å². The van der Waals surface area contributed by atoms with E-state index in [1.807, 2.05) is 67.6 Å². The van der Waals surface area contributed by atoms with Crippen LogP contribution < -0.4 is 10.1 Å². The molecule has 4 rings (SSSR count). The monoisotopic (exact) mass is 441 g/mol. The number of hydrogen-bond acceptors (Lipinski definition) is 5. The summed E-state index contributed by atoms with van der Waals surface area (Å²) in [7, 11) is 0. The summed E-state index contributed by atoms with van der Waals surface area (Å²) >= 11 is 0. The lowest BCUT2D eigenvalue weighted by Gasteiger charge is -2.12. The number of ether oxygens (including phenoxy) is 1. The van der Waals surface area contributed by atoms with Gasteiger partial charge in [-0.15, -0.1) is 5.10 Å². The smallest absolute Gasteiger partial charge is 0.291 e. The molecule has 0 bridgehead atoms. The van der Waals surface area contributed by atoms with Crippen molar-refractivity contribution in [2.75, 3.05) is 0 Å². The van der Waals surface area contributed by atoms with Crippen LogP contribution in [0.2, 0.25) is 0 Å². The molecule has 0 aliphatic carbocycles. The van der Waals surface area contributed by atoms with Crippen LogP contribution in [0, 0.1) is 6.92 Å². The van der Waals surface area contributed by atoms with E-state index >= 15 is 0 Å². The summed E-state index contributed by atoms with van der Waals surface area (Å²) in [6.45, 7) is 6.84. The molecule has 0 spiro atoms. The van der Waals surface area contributed by atoms with E-state index in [4.69, 9.17) is 4.74 Å². The van der Waals surface area contributed by atoms with Crippen molar-refractivity contribution in [1.29, 1.82) is 0 Å². The van der Waals surface area contributed by atoms with E-state index in [-0.39, 0.29) is 11.7 Å². The molecule has 168 valence electrons. The van der Waals surface area contributed by atoms with Crippen molar-refractivity contribution >= 4 is 5.91 Å². The Morgan fingerprint density at radius 1 is 1.06 bits per heavy atom. The second-order valence-corrected chi connectivity index (χ2v) is 8.05. The highest BCUT2D eigenvalue weighted by atomic mass is 16.5.